The Morgan fingerprint density at radius 2 is 2.09 bits per heavy atom. The zero-order valence-corrected chi connectivity index (χ0v) is 6.15. The van der Waals surface area contributed by atoms with Gasteiger partial charge in [-0.05, 0) is 0 Å². The van der Waals surface area contributed by atoms with Crippen LogP contribution in [-0.2, 0) is 9.59 Å². The van der Waals surface area contributed by atoms with Crippen molar-refractivity contribution in [3.05, 3.63) is 0 Å². The molecule has 0 rings (SSSR count). The van der Waals surface area contributed by atoms with E-state index in [1.807, 2.05) is 0 Å². The van der Waals surface area contributed by atoms with E-state index in [0.29, 0.717) is 0 Å². The van der Waals surface area contributed by atoms with Gasteiger partial charge in [-0.1, -0.05) is 0 Å². The van der Waals surface area contributed by atoms with E-state index < -0.39 is 24.3 Å². The molecule has 1 atom stereocenters. The zero-order chi connectivity index (χ0) is 9.02. The fourth-order valence-electron chi connectivity index (χ4n) is 0.537. The first kappa shape index (κ1) is 9.86. The Labute approximate surface area is 63.7 Å². The highest BCUT2D eigenvalue weighted by Crippen LogP contribution is 1.90. The predicted octanol–water partition coefficient (Wildman–Crippen LogP) is -1.88. The van der Waals surface area contributed by atoms with E-state index in [1.165, 1.54) is 7.05 Å². The molecule has 0 radical (unpaired) electrons. The molecule has 0 unspecified atom stereocenters. The molecule has 0 heterocycles. The maximum atomic E-state index is 10.8. The van der Waals surface area contributed by atoms with Crippen LogP contribution in [0.15, 0.2) is 0 Å². The predicted molar refractivity (Wildman–Crippen MR) is 37.2 cm³/mol. The summed E-state index contributed by atoms with van der Waals surface area (Å²) in [6, 6.07) is -1.05. The number of nitrogens with two attached hydrogens (primary N) is 2. The zero-order valence-electron chi connectivity index (χ0n) is 6.15. The van der Waals surface area contributed by atoms with Crippen LogP contribution in [0.4, 0.5) is 0 Å². The standard InChI is InChI=1S/C5H11N3O3/c1-8(7)5(11)3(6)2-4(9)10/h3H,2,6-7H2,1H3,(H,9,10)/t3-/m0/s1. The Bertz CT molecular complexity index is 168. The van der Waals surface area contributed by atoms with Crippen LogP contribution >= 0.6 is 0 Å². The fourth-order valence-corrected chi connectivity index (χ4v) is 0.537. The fraction of sp³-hybridized carbons (Fsp3) is 0.600. The average molecular weight is 161 g/mol. The molecule has 11 heavy (non-hydrogen) atoms. The molecule has 64 valence electrons. The number of nitrogens with zero attached hydrogens (tertiary/aromatic N) is 1. The number of hydrazine groups is 1. The molecule has 0 spiro atoms. The molecule has 0 aliphatic carbocycles. The van der Waals surface area contributed by atoms with Gasteiger partial charge in [0.25, 0.3) is 5.91 Å². The number of amides is 1. The normalized spacial score (nSPS) is 12.3. The molecular formula is C5H11N3O3. The maximum absolute atomic E-state index is 10.8. The molecule has 0 fully saturated rings. The SMILES string of the molecule is CN(N)C(=O)[C@@H](N)CC(=O)O. The second-order valence-corrected chi connectivity index (χ2v) is 2.15. The molecule has 0 saturated carbocycles. The van der Waals surface area contributed by atoms with Crippen LogP contribution < -0.4 is 11.6 Å². The highest BCUT2D eigenvalue weighted by Gasteiger charge is 2.18. The van der Waals surface area contributed by atoms with Crippen LogP contribution in [0.5, 0.6) is 0 Å². The number of hydrogen-bond acceptors (Lipinski definition) is 4. The lowest BCUT2D eigenvalue weighted by Crippen LogP contribution is -2.46. The quantitative estimate of drug-likeness (QED) is 0.255. The van der Waals surface area contributed by atoms with Gasteiger partial charge in [0.2, 0.25) is 0 Å². The molecule has 0 aromatic carbocycles. The first-order valence-electron chi connectivity index (χ1n) is 2.94. The van der Waals surface area contributed by atoms with E-state index >= 15 is 0 Å². The molecule has 5 N–H and O–H groups in total. The van der Waals surface area contributed by atoms with Crippen molar-refractivity contribution in [1.29, 1.82) is 0 Å². The second kappa shape index (κ2) is 3.89. The molecular weight excluding hydrogens is 150 g/mol. The summed E-state index contributed by atoms with van der Waals surface area (Å²) in [5.41, 5.74) is 5.17. The highest BCUT2D eigenvalue weighted by atomic mass is 16.4. The van der Waals surface area contributed by atoms with Gasteiger partial charge < -0.3 is 10.8 Å². The minimum Gasteiger partial charge on any atom is -0.481 e. The molecule has 0 saturated heterocycles. The van der Waals surface area contributed by atoms with Crippen molar-refractivity contribution in [2.24, 2.45) is 11.6 Å². The minimum absolute atomic E-state index is 0.402. The van der Waals surface area contributed by atoms with Crippen LogP contribution in [0, 0.1) is 0 Å². The molecule has 1 amide bonds. The van der Waals surface area contributed by atoms with E-state index in [1.54, 1.807) is 0 Å². The largest absolute Gasteiger partial charge is 0.481 e. The Morgan fingerprint density at radius 1 is 1.64 bits per heavy atom. The second-order valence-electron chi connectivity index (χ2n) is 2.15. The van der Waals surface area contributed by atoms with Gasteiger partial charge in [0.05, 0.1) is 12.5 Å². The van der Waals surface area contributed by atoms with Crippen molar-refractivity contribution >= 4 is 11.9 Å². The Kier molecular flexibility index (Phi) is 3.49. The van der Waals surface area contributed by atoms with Crippen LogP contribution in [0.3, 0.4) is 0 Å². The lowest BCUT2D eigenvalue weighted by atomic mass is 10.2. The van der Waals surface area contributed by atoms with Gasteiger partial charge in [0.1, 0.15) is 0 Å². The number of aliphatic carboxylic acids is 1. The van der Waals surface area contributed by atoms with Crippen molar-refractivity contribution in [3.63, 3.8) is 0 Å². The average Bonchev–Trinajstić information content (AvgIpc) is 1.84. The van der Waals surface area contributed by atoms with Crippen LogP contribution in [0.25, 0.3) is 0 Å². The van der Waals surface area contributed by atoms with Crippen LogP contribution in [0.2, 0.25) is 0 Å². The van der Waals surface area contributed by atoms with Gasteiger partial charge in [-0.2, -0.15) is 0 Å². The molecule has 0 bridgehead atoms. The number of likely N-dealkylation sites (N-methyl/N-ethyl adjacent to an activating group) is 1. The van der Waals surface area contributed by atoms with Crippen molar-refractivity contribution in [1.82, 2.24) is 5.01 Å². The first-order valence-corrected chi connectivity index (χ1v) is 2.94. The van der Waals surface area contributed by atoms with Crippen LogP contribution in [0.1, 0.15) is 6.42 Å². The number of rotatable bonds is 3. The number of hydrogen-bond donors (Lipinski definition) is 3. The van der Waals surface area contributed by atoms with Gasteiger partial charge in [-0.15, -0.1) is 0 Å². The number of carbonyl (C=O) groups excluding carboxylic acids is 1. The first-order chi connectivity index (χ1) is 4.95. The summed E-state index contributed by atoms with van der Waals surface area (Å²) >= 11 is 0. The van der Waals surface area contributed by atoms with Gasteiger partial charge in [-0.3, -0.25) is 14.6 Å². The van der Waals surface area contributed by atoms with E-state index in [0.717, 1.165) is 5.01 Å². The number of carbonyl (C=O) groups is 2. The van der Waals surface area contributed by atoms with Crippen LogP contribution in [-0.4, -0.2) is 35.1 Å². The van der Waals surface area contributed by atoms with E-state index in [-0.39, 0.29) is 0 Å². The summed E-state index contributed by atoms with van der Waals surface area (Å²) < 4.78 is 0. The summed E-state index contributed by atoms with van der Waals surface area (Å²) in [6.07, 6.45) is -0.402. The van der Waals surface area contributed by atoms with E-state index in [2.05, 4.69) is 0 Å². The van der Waals surface area contributed by atoms with Crippen molar-refractivity contribution in [3.8, 4) is 0 Å². The summed E-state index contributed by atoms with van der Waals surface area (Å²) in [6.45, 7) is 0. The molecule has 0 aliphatic rings. The van der Waals surface area contributed by atoms with Gasteiger partial charge in [0.15, 0.2) is 0 Å². The summed E-state index contributed by atoms with van der Waals surface area (Å²) in [5.74, 6) is 3.32. The Balaban J connectivity index is 3.93. The van der Waals surface area contributed by atoms with Gasteiger partial charge >= 0.3 is 5.97 Å². The number of carboxylic acid groups (broad SMARTS) is 1. The number of carboxylic acids is 1. The van der Waals surface area contributed by atoms with E-state index in [9.17, 15) is 9.59 Å². The monoisotopic (exact) mass is 161 g/mol. The summed E-state index contributed by atoms with van der Waals surface area (Å²) in [7, 11) is 1.31. The molecule has 0 aromatic rings. The molecule has 6 heteroatoms. The Morgan fingerprint density at radius 3 is 2.36 bits per heavy atom. The van der Waals surface area contributed by atoms with Crippen molar-refractivity contribution in [2.75, 3.05) is 7.05 Å². The topological polar surface area (TPSA) is 110 Å². The van der Waals surface area contributed by atoms with Crippen molar-refractivity contribution in [2.45, 2.75) is 12.5 Å². The lowest BCUT2D eigenvalue weighted by Gasteiger charge is -2.13. The third-order valence-electron chi connectivity index (χ3n) is 1.06. The molecule has 0 aromatic heterocycles. The lowest BCUT2D eigenvalue weighted by molar-refractivity contribution is -0.141. The van der Waals surface area contributed by atoms with E-state index in [4.69, 9.17) is 16.7 Å². The van der Waals surface area contributed by atoms with Gasteiger partial charge in [0, 0.05) is 7.05 Å². The maximum Gasteiger partial charge on any atom is 0.305 e. The Hall–Kier alpha value is -1.14. The molecule has 0 aliphatic heterocycles. The smallest absolute Gasteiger partial charge is 0.305 e. The molecule has 6 nitrogen and oxygen atoms in total. The summed E-state index contributed by atoms with van der Waals surface area (Å²) in [5, 5.41) is 8.99. The minimum atomic E-state index is -1.12. The third-order valence-corrected chi connectivity index (χ3v) is 1.06. The third kappa shape index (κ3) is 3.54. The summed E-state index contributed by atoms with van der Waals surface area (Å²) in [4.78, 5) is 20.8. The van der Waals surface area contributed by atoms with Crippen molar-refractivity contribution < 1.29 is 14.7 Å². The highest BCUT2D eigenvalue weighted by molar-refractivity contribution is 5.85. The van der Waals surface area contributed by atoms with Gasteiger partial charge in [-0.25, -0.2) is 5.84 Å².